The Labute approximate surface area is 145 Å². The van der Waals surface area contributed by atoms with E-state index in [9.17, 15) is 0 Å². The Balaban J connectivity index is 1.33. The van der Waals surface area contributed by atoms with E-state index in [1.165, 1.54) is 4.88 Å². The van der Waals surface area contributed by atoms with Gasteiger partial charge in [0, 0.05) is 37.0 Å². The van der Waals surface area contributed by atoms with Crippen LogP contribution >= 0.6 is 11.3 Å². The molecule has 0 radical (unpaired) electrons. The molecule has 7 heteroatoms. The van der Waals surface area contributed by atoms with Crippen LogP contribution in [0.2, 0.25) is 0 Å². The zero-order valence-corrected chi connectivity index (χ0v) is 14.5. The predicted molar refractivity (Wildman–Crippen MR) is 91.0 cm³/mol. The number of morpholine rings is 1. The maximum atomic E-state index is 5.53. The Morgan fingerprint density at radius 2 is 2.12 bits per heavy atom. The first-order valence-corrected chi connectivity index (χ1v) is 9.29. The third kappa shape index (κ3) is 3.87. The SMILES string of the molecule is c1csc(CNC2(Cc3cc(CN4CCOCC4)on3)COC2)c1. The number of thiophene rings is 1. The van der Waals surface area contributed by atoms with Gasteiger partial charge in [-0.15, -0.1) is 11.3 Å². The number of nitrogens with one attached hydrogen (secondary N) is 1. The molecule has 2 saturated heterocycles. The normalized spacial score (nSPS) is 20.8. The van der Waals surface area contributed by atoms with E-state index in [2.05, 4.69) is 39.0 Å². The fourth-order valence-corrected chi connectivity index (χ4v) is 3.79. The molecule has 2 aliphatic heterocycles. The molecule has 6 nitrogen and oxygen atoms in total. The molecule has 130 valence electrons. The number of ether oxygens (including phenoxy) is 2. The van der Waals surface area contributed by atoms with Crippen molar-refractivity contribution in [1.29, 1.82) is 0 Å². The molecule has 0 aliphatic carbocycles. The van der Waals surface area contributed by atoms with E-state index in [0.29, 0.717) is 0 Å². The van der Waals surface area contributed by atoms with Crippen molar-refractivity contribution in [2.45, 2.75) is 25.0 Å². The van der Waals surface area contributed by atoms with Crippen LogP contribution in [-0.2, 0) is 29.0 Å². The summed E-state index contributed by atoms with van der Waals surface area (Å²) in [5, 5.41) is 10.0. The molecule has 4 rings (SSSR count). The molecule has 0 spiro atoms. The fraction of sp³-hybridized carbons (Fsp3) is 0.588. The number of hydrogen-bond donors (Lipinski definition) is 1. The lowest BCUT2D eigenvalue weighted by molar-refractivity contribution is -0.0754. The summed E-state index contributed by atoms with van der Waals surface area (Å²) >= 11 is 1.77. The Kier molecular flexibility index (Phi) is 4.96. The molecule has 0 atom stereocenters. The van der Waals surface area contributed by atoms with Crippen molar-refractivity contribution in [2.24, 2.45) is 0 Å². The minimum absolute atomic E-state index is 0.0168. The summed E-state index contributed by atoms with van der Waals surface area (Å²) in [5.74, 6) is 0.931. The molecule has 1 N–H and O–H groups in total. The molecule has 4 heterocycles. The van der Waals surface area contributed by atoms with Crippen LogP contribution in [-0.4, -0.2) is 55.1 Å². The molecule has 2 fully saturated rings. The van der Waals surface area contributed by atoms with Crippen LogP contribution in [0.25, 0.3) is 0 Å². The summed E-state index contributed by atoms with van der Waals surface area (Å²) in [4.78, 5) is 3.68. The zero-order chi connectivity index (χ0) is 16.2. The summed E-state index contributed by atoms with van der Waals surface area (Å²) in [6, 6.07) is 6.32. The standard InChI is InChI=1S/C17H23N3O3S/c1-2-16(24-7-1)10-18-17(12-22-13-17)9-14-8-15(23-19-14)11-20-3-5-21-6-4-20/h1-2,7-8,18H,3-6,9-13H2. The van der Waals surface area contributed by atoms with Crippen molar-refractivity contribution in [3.8, 4) is 0 Å². The minimum Gasteiger partial charge on any atom is -0.379 e. The van der Waals surface area contributed by atoms with E-state index in [4.69, 9.17) is 14.0 Å². The van der Waals surface area contributed by atoms with E-state index < -0.39 is 0 Å². The third-order valence-corrected chi connectivity index (χ3v) is 5.46. The number of aromatic nitrogens is 1. The molecule has 2 aromatic heterocycles. The number of rotatable bonds is 7. The molecule has 0 saturated carbocycles. The van der Waals surface area contributed by atoms with Gasteiger partial charge >= 0.3 is 0 Å². The van der Waals surface area contributed by atoms with Gasteiger partial charge in [-0.3, -0.25) is 4.90 Å². The number of nitrogens with zero attached hydrogens (tertiary/aromatic N) is 2. The zero-order valence-electron chi connectivity index (χ0n) is 13.7. The summed E-state index contributed by atoms with van der Waals surface area (Å²) in [6.45, 7) is 6.64. The molecule has 0 bridgehead atoms. The molecular weight excluding hydrogens is 326 g/mol. The van der Waals surface area contributed by atoms with Gasteiger partial charge in [0.25, 0.3) is 0 Å². The van der Waals surface area contributed by atoms with Gasteiger partial charge in [-0.25, -0.2) is 0 Å². The van der Waals surface area contributed by atoms with E-state index in [1.807, 2.05) is 0 Å². The lowest BCUT2D eigenvalue weighted by atomic mass is 9.91. The summed E-state index contributed by atoms with van der Waals surface area (Å²) in [6.07, 6.45) is 0.838. The molecule has 2 aromatic rings. The van der Waals surface area contributed by atoms with Crippen LogP contribution in [0, 0.1) is 0 Å². The summed E-state index contributed by atoms with van der Waals surface area (Å²) in [7, 11) is 0. The largest absolute Gasteiger partial charge is 0.379 e. The van der Waals surface area contributed by atoms with Crippen molar-refractivity contribution in [2.75, 3.05) is 39.5 Å². The van der Waals surface area contributed by atoms with Gasteiger partial charge in [0.1, 0.15) is 0 Å². The molecular formula is C17H23N3O3S. The Morgan fingerprint density at radius 1 is 1.25 bits per heavy atom. The van der Waals surface area contributed by atoms with Crippen molar-refractivity contribution in [3.05, 3.63) is 39.9 Å². The van der Waals surface area contributed by atoms with Crippen LogP contribution in [0.4, 0.5) is 0 Å². The minimum atomic E-state index is -0.0168. The Morgan fingerprint density at radius 3 is 2.83 bits per heavy atom. The quantitative estimate of drug-likeness (QED) is 0.821. The average molecular weight is 349 g/mol. The second-order valence-corrected chi connectivity index (χ2v) is 7.59. The monoisotopic (exact) mass is 349 g/mol. The van der Waals surface area contributed by atoms with Gasteiger partial charge in [-0.05, 0) is 11.4 Å². The molecule has 0 aromatic carbocycles. The first kappa shape index (κ1) is 16.2. The molecule has 24 heavy (non-hydrogen) atoms. The fourth-order valence-electron chi connectivity index (χ4n) is 3.14. The smallest absolute Gasteiger partial charge is 0.150 e. The van der Waals surface area contributed by atoms with Crippen LogP contribution in [0.15, 0.2) is 28.1 Å². The second kappa shape index (κ2) is 7.33. The highest BCUT2D eigenvalue weighted by molar-refractivity contribution is 7.09. The lowest BCUT2D eigenvalue weighted by Crippen LogP contribution is -2.61. The van der Waals surface area contributed by atoms with Crippen molar-refractivity contribution >= 4 is 11.3 Å². The second-order valence-electron chi connectivity index (χ2n) is 6.56. The first-order chi connectivity index (χ1) is 11.8. The molecule has 2 aliphatic rings. The third-order valence-electron chi connectivity index (χ3n) is 4.58. The van der Waals surface area contributed by atoms with Crippen LogP contribution in [0.1, 0.15) is 16.3 Å². The first-order valence-electron chi connectivity index (χ1n) is 8.41. The van der Waals surface area contributed by atoms with Crippen molar-refractivity contribution < 1.29 is 14.0 Å². The Hall–Kier alpha value is -1.25. The highest BCUT2D eigenvalue weighted by Crippen LogP contribution is 2.24. The van der Waals surface area contributed by atoms with E-state index in [-0.39, 0.29) is 5.54 Å². The van der Waals surface area contributed by atoms with Gasteiger partial charge in [0.15, 0.2) is 5.76 Å². The highest BCUT2D eigenvalue weighted by atomic mass is 32.1. The summed E-state index contributed by atoms with van der Waals surface area (Å²) in [5.41, 5.74) is 0.983. The average Bonchev–Trinajstić information content (AvgIpc) is 3.23. The maximum Gasteiger partial charge on any atom is 0.150 e. The van der Waals surface area contributed by atoms with Crippen molar-refractivity contribution in [1.82, 2.24) is 15.4 Å². The van der Waals surface area contributed by atoms with Crippen LogP contribution in [0.5, 0.6) is 0 Å². The number of hydrogen-bond acceptors (Lipinski definition) is 7. The Bertz CT molecular complexity index is 633. The van der Waals surface area contributed by atoms with Gasteiger partial charge < -0.3 is 19.3 Å². The highest BCUT2D eigenvalue weighted by Gasteiger charge is 2.39. The maximum absolute atomic E-state index is 5.53. The lowest BCUT2D eigenvalue weighted by Gasteiger charge is -2.41. The predicted octanol–water partition coefficient (Wildman–Crippen LogP) is 1.67. The molecule has 0 amide bonds. The summed E-state index contributed by atoms with van der Waals surface area (Å²) < 4.78 is 16.4. The van der Waals surface area contributed by atoms with E-state index >= 15 is 0 Å². The van der Waals surface area contributed by atoms with Crippen molar-refractivity contribution in [3.63, 3.8) is 0 Å². The van der Waals surface area contributed by atoms with E-state index in [1.54, 1.807) is 11.3 Å². The van der Waals surface area contributed by atoms with Crippen LogP contribution in [0.3, 0.4) is 0 Å². The van der Waals surface area contributed by atoms with Gasteiger partial charge in [-0.1, -0.05) is 11.2 Å². The van der Waals surface area contributed by atoms with Gasteiger partial charge in [0.05, 0.1) is 44.2 Å². The van der Waals surface area contributed by atoms with Gasteiger partial charge in [0.2, 0.25) is 0 Å². The van der Waals surface area contributed by atoms with Gasteiger partial charge in [-0.2, -0.15) is 0 Å². The van der Waals surface area contributed by atoms with Crippen LogP contribution < -0.4 is 5.32 Å². The molecule has 0 unspecified atom stereocenters. The topological polar surface area (TPSA) is 59.8 Å². The van der Waals surface area contributed by atoms with E-state index in [0.717, 1.165) is 70.5 Å².